The quantitative estimate of drug-likeness (QED) is 0.191. The first-order valence-electron chi connectivity index (χ1n) is 19.2. The van der Waals surface area contributed by atoms with Crippen LogP contribution >= 0.6 is 11.3 Å². The van der Waals surface area contributed by atoms with E-state index in [2.05, 4.69) is 155 Å². The highest BCUT2D eigenvalue weighted by atomic mass is 32.1. The number of hydrogen-bond donors (Lipinski definition) is 1. The van der Waals surface area contributed by atoms with Crippen molar-refractivity contribution in [3.63, 3.8) is 0 Å². The summed E-state index contributed by atoms with van der Waals surface area (Å²) in [6.45, 7) is 0. The highest BCUT2D eigenvalue weighted by Gasteiger charge is 2.24. The Kier molecular flexibility index (Phi) is 7.09. The molecule has 57 heavy (non-hydrogen) atoms. The Labute approximate surface area is 331 Å². The average Bonchev–Trinajstić information content (AvgIpc) is 3.96. The third-order valence-electron chi connectivity index (χ3n) is 11.3. The van der Waals surface area contributed by atoms with Crippen LogP contribution < -0.4 is 5.32 Å². The largest absolute Gasteiger partial charge is 0.455 e. The molecule has 0 saturated heterocycles. The number of rotatable bonds is 5. The number of aliphatic imine (C=N–C) groups is 2. The number of fused-ring (bicyclic) bond motifs is 9. The van der Waals surface area contributed by atoms with E-state index in [4.69, 9.17) is 14.4 Å². The van der Waals surface area contributed by atoms with E-state index in [0.717, 1.165) is 55.6 Å². The second-order valence-corrected chi connectivity index (χ2v) is 15.6. The zero-order chi connectivity index (χ0) is 37.5. The molecule has 0 aliphatic carbocycles. The minimum absolute atomic E-state index is 0.299. The Balaban J connectivity index is 1.01. The van der Waals surface area contributed by atoms with Crippen LogP contribution in [-0.2, 0) is 0 Å². The van der Waals surface area contributed by atoms with Crippen LogP contribution in [0, 0.1) is 0 Å². The molecule has 6 heteroatoms. The van der Waals surface area contributed by atoms with E-state index in [-0.39, 0.29) is 6.17 Å². The number of para-hydroxylation sites is 4. The van der Waals surface area contributed by atoms with Gasteiger partial charge < -0.3 is 14.3 Å². The van der Waals surface area contributed by atoms with E-state index in [0.29, 0.717) is 5.84 Å². The lowest BCUT2D eigenvalue weighted by Crippen LogP contribution is -2.33. The van der Waals surface area contributed by atoms with Gasteiger partial charge in [0.1, 0.15) is 23.2 Å². The number of benzene rings is 8. The zero-order valence-electron chi connectivity index (χ0n) is 30.6. The predicted molar refractivity (Wildman–Crippen MR) is 238 cm³/mol. The second kappa shape index (κ2) is 12.6. The van der Waals surface area contributed by atoms with E-state index in [1.54, 1.807) is 0 Å². The fourth-order valence-corrected chi connectivity index (χ4v) is 9.84. The molecule has 5 nitrogen and oxygen atoms in total. The second-order valence-electron chi connectivity index (χ2n) is 14.5. The number of aromatic nitrogens is 1. The Morgan fingerprint density at radius 1 is 0.509 bits per heavy atom. The molecule has 0 amide bonds. The lowest BCUT2D eigenvalue weighted by Gasteiger charge is -2.23. The van der Waals surface area contributed by atoms with Gasteiger partial charge in [0.2, 0.25) is 0 Å². The van der Waals surface area contributed by atoms with Gasteiger partial charge in [-0.15, -0.1) is 11.3 Å². The molecule has 8 aromatic carbocycles. The van der Waals surface area contributed by atoms with Gasteiger partial charge in [0.05, 0.1) is 27.0 Å². The maximum absolute atomic E-state index is 6.96. The van der Waals surface area contributed by atoms with Crippen LogP contribution in [0.2, 0.25) is 0 Å². The number of nitrogens with one attached hydrogen (secondary N) is 1. The average molecular weight is 749 g/mol. The fraction of sp³-hybridized carbons (Fsp3) is 0.0196. The van der Waals surface area contributed by atoms with Crippen LogP contribution in [0.3, 0.4) is 0 Å². The first kappa shape index (κ1) is 32.0. The zero-order valence-corrected chi connectivity index (χ0v) is 31.4. The van der Waals surface area contributed by atoms with Crippen molar-refractivity contribution < 1.29 is 4.42 Å². The first-order valence-corrected chi connectivity index (χ1v) is 20.0. The topological polar surface area (TPSA) is 54.8 Å². The van der Waals surface area contributed by atoms with Crippen molar-refractivity contribution >= 4 is 86.9 Å². The monoisotopic (exact) mass is 748 g/mol. The van der Waals surface area contributed by atoms with Gasteiger partial charge in [0.15, 0.2) is 5.84 Å². The predicted octanol–water partition coefficient (Wildman–Crippen LogP) is 13.2. The Morgan fingerprint density at radius 3 is 1.88 bits per heavy atom. The molecule has 1 aliphatic rings. The molecular formula is C51H32N4OS. The lowest BCUT2D eigenvalue weighted by molar-refractivity contribution is 0.664. The molecule has 12 rings (SSSR count). The molecule has 1 N–H and O–H groups in total. The molecule has 1 atom stereocenters. The van der Waals surface area contributed by atoms with Crippen LogP contribution in [0.5, 0.6) is 0 Å². The summed E-state index contributed by atoms with van der Waals surface area (Å²) in [6, 6.07) is 64.3. The maximum Gasteiger partial charge on any atom is 0.163 e. The van der Waals surface area contributed by atoms with Crippen molar-refractivity contribution in [3.8, 4) is 16.8 Å². The van der Waals surface area contributed by atoms with Crippen molar-refractivity contribution in [3.05, 3.63) is 199 Å². The SMILES string of the molecule is c1ccc(C2=NC(c3cccc4c3oc3c(-c5ccc6sc7c(-n8c9ccccc9c9ccccc98)cccc7c6c5)cccc34)=NC(c3ccccc3)N2)cc1. The summed E-state index contributed by atoms with van der Waals surface area (Å²) in [5, 5.41) is 10.7. The van der Waals surface area contributed by atoms with Crippen LogP contribution in [0.4, 0.5) is 0 Å². The summed E-state index contributed by atoms with van der Waals surface area (Å²) in [6.07, 6.45) is -0.299. The van der Waals surface area contributed by atoms with Crippen LogP contribution in [0.25, 0.3) is 80.7 Å². The van der Waals surface area contributed by atoms with E-state index in [1.807, 2.05) is 47.7 Å². The molecule has 1 aliphatic heterocycles. The van der Waals surface area contributed by atoms with Gasteiger partial charge in [-0.3, -0.25) is 0 Å². The molecule has 3 aromatic heterocycles. The highest BCUT2D eigenvalue weighted by Crippen LogP contribution is 2.44. The van der Waals surface area contributed by atoms with E-state index >= 15 is 0 Å². The number of thiophene rings is 1. The van der Waals surface area contributed by atoms with Gasteiger partial charge >= 0.3 is 0 Å². The molecule has 0 bridgehead atoms. The number of furan rings is 1. The van der Waals surface area contributed by atoms with E-state index in [9.17, 15) is 0 Å². The molecule has 0 radical (unpaired) electrons. The molecular weight excluding hydrogens is 717 g/mol. The summed E-state index contributed by atoms with van der Waals surface area (Å²) in [5.74, 6) is 1.42. The van der Waals surface area contributed by atoms with Crippen molar-refractivity contribution in [2.45, 2.75) is 6.17 Å². The van der Waals surface area contributed by atoms with Crippen molar-refractivity contribution in [1.29, 1.82) is 0 Å². The molecule has 4 heterocycles. The Hall–Kier alpha value is -7.28. The molecule has 11 aromatic rings. The van der Waals surface area contributed by atoms with Crippen LogP contribution in [0.15, 0.2) is 196 Å². The fourth-order valence-electron chi connectivity index (χ4n) is 8.65. The van der Waals surface area contributed by atoms with E-state index in [1.165, 1.54) is 47.7 Å². The molecule has 1 unspecified atom stereocenters. The van der Waals surface area contributed by atoms with Gasteiger partial charge in [-0.25, -0.2) is 9.98 Å². The summed E-state index contributed by atoms with van der Waals surface area (Å²) in [5.41, 5.74) is 10.4. The van der Waals surface area contributed by atoms with Crippen molar-refractivity contribution in [1.82, 2.24) is 9.88 Å². The summed E-state index contributed by atoms with van der Waals surface area (Å²) in [4.78, 5) is 10.3. The highest BCUT2D eigenvalue weighted by molar-refractivity contribution is 7.26. The van der Waals surface area contributed by atoms with Crippen molar-refractivity contribution in [2.75, 3.05) is 0 Å². The van der Waals surface area contributed by atoms with Gasteiger partial charge in [0, 0.05) is 48.1 Å². The van der Waals surface area contributed by atoms with E-state index < -0.39 is 0 Å². The number of hydrogen-bond acceptors (Lipinski definition) is 5. The maximum atomic E-state index is 6.96. The van der Waals surface area contributed by atoms with Gasteiger partial charge in [-0.1, -0.05) is 146 Å². The Morgan fingerprint density at radius 2 is 1.12 bits per heavy atom. The minimum Gasteiger partial charge on any atom is -0.455 e. The third-order valence-corrected chi connectivity index (χ3v) is 12.5. The Bertz CT molecular complexity index is 3390. The van der Waals surface area contributed by atoms with Gasteiger partial charge in [0.25, 0.3) is 0 Å². The van der Waals surface area contributed by atoms with Crippen molar-refractivity contribution in [2.24, 2.45) is 9.98 Å². The van der Waals surface area contributed by atoms with Gasteiger partial charge in [-0.2, -0.15) is 0 Å². The first-order chi connectivity index (χ1) is 28.3. The summed E-state index contributed by atoms with van der Waals surface area (Å²) in [7, 11) is 0. The standard InChI is InChI=1S/C51H32N4OS/c1-3-14-31(15-4-1)49-52-50(32-16-5-2-6-17-32)54-51(53-49)40-24-12-22-38-37-21-11-20-34(46(37)56-47(38)40)33-28-29-45-41(30-33)39-23-13-27-44(48(39)57-45)55-42-25-9-7-18-35(42)36-19-8-10-26-43(36)55/h1-30,49H,(H,52,53,54). The summed E-state index contributed by atoms with van der Waals surface area (Å²) >= 11 is 1.85. The number of amidine groups is 2. The molecule has 0 saturated carbocycles. The third kappa shape index (κ3) is 5.01. The van der Waals surface area contributed by atoms with Gasteiger partial charge in [-0.05, 0) is 47.5 Å². The smallest absolute Gasteiger partial charge is 0.163 e. The number of nitrogens with zero attached hydrogens (tertiary/aromatic N) is 3. The molecule has 268 valence electrons. The van der Waals surface area contributed by atoms with Crippen LogP contribution in [0.1, 0.15) is 22.9 Å². The normalized spacial score (nSPS) is 14.5. The van der Waals surface area contributed by atoms with Crippen LogP contribution in [-0.4, -0.2) is 16.2 Å². The molecule has 0 fully saturated rings. The minimum atomic E-state index is -0.299. The lowest BCUT2D eigenvalue weighted by atomic mass is 10.00. The summed E-state index contributed by atoms with van der Waals surface area (Å²) < 4.78 is 11.9. The molecule has 0 spiro atoms.